The lowest BCUT2D eigenvalue weighted by atomic mass is 9.96. The molecule has 1 saturated heterocycles. The monoisotopic (exact) mass is 411 g/mol. The molecule has 1 aromatic carbocycles. The van der Waals surface area contributed by atoms with Gasteiger partial charge in [0.15, 0.2) is 0 Å². The fraction of sp³-hybridized carbons (Fsp3) is 0.682. The molecule has 29 heavy (non-hydrogen) atoms. The lowest BCUT2D eigenvalue weighted by molar-refractivity contribution is -0.137. The van der Waals surface area contributed by atoms with Crippen LogP contribution >= 0.6 is 0 Å². The molecule has 0 unspecified atom stereocenters. The first-order valence-electron chi connectivity index (χ1n) is 10.5. The molecule has 0 bridgehead atoms. The van der Waals surface area contributed by atoms with Gasteiger partial charge in [0, 0.05) is 32.7 Å². The molecule has 3 rings (SSSR count). The predicted octanol–water partition coefficient (Wildman–Crippen LogP) is 3.75. The molecule has 1 amide bonds. The summed E-state index contributed by atoms with van der Waals surface area (Å²) in [5.41, 5.74) is 6.19. The van der Waals surface area contributed by atoms with Crippen LogP contribution in [-0.2, 0) is 17.5 Å². The van der Waals surface area contributed by atoms with Crippen molar-refractivity contribution >= 4 is 5.91 Å². The van der Waals surface area contributed by atoms with E-state index in [1.807, 2.05) is 11.9 Å². The van der Waals surface area contributed by atoms with E-state index in [9.17, 15) is 18.0 Å². The van der Waals surface area contributed by atoms with Crippen molar-refractivity contribution in [2.45, 2.75) is 57.9 Å². The van der Waals surface area contributed by atoms with Gasteiger partial charge in [-0.1, -0.05) is 32.0 Å². The van der Waals surface area contributed by atoms with Crippen LogP contribution in [0.5, 0.6) is 0 Å². The molecule has 162 valence electrons. The SMILES string of the molecule is CC(C)C[C@H](N)C(=O)N(C)[C@@H]1CC[C@H]2CN(Cc3cccc(C(F)(F)F)c3)C[C@H]21. The minimum atomic E-state index is -4.32. The maximum absolute atomic E-state index is 13.0. The van der Waals surface area contributed by atoms with Crippen LogP contribution in [0.1, 0.15) is 44.2 Å². The number of alkyl halides is 3. The van der Waals surface area contributed by atoms with Gasteiger partial charge in [0.05, 0.1) is 11.6 Å². The van der Waals surface area contributed by atoms with Gasteiger partial charge in [-0.2, -0.15) is 13.2 Å². The smallest absolute Gasteiger partial charge is 0.341 e. The number of amides is 1. The van der Waals surface area contributed by atoms with E-state index in [2.05, 4.69) is 18.7 Å². The van der Waals surface area contributed by atoms with Gasteiger partial charge in [-0.05, 0) is 48.6 Å². The maximum atomic E-state index is 13.0. The van der Waals surface area contributed by atoms with Crippen molar-refractivity contribution in [1.82, 2.24) is 9.80 Å². The number of carbonyl (C=O) groups excluding carboxylic acids is 1. The van der Waals surface area contributed by atoms with E-state index < -0.39 is 17.8 Å². The molecule has 1 saturated carbocycles. The van der Waals surface area contributed by atoms with Crippen LogP contribution in [0.4, 0.5) is 13.2 Å². The fourth-order valence-corrected chi connectivity index (χ4v) is 5.08. The third-order valence-corrected chi connectivity index (χ3v) is 6.44. The Balaban J connectivity index is 1.62. The maximum Gasteiger partial charge on any atom is 0.416 e. The molecule has 0 aromatic heterocycles. The average molecular weight is 412 g/mol. The number of carbonyl (C=O) groups is 1. The molecule has 4 atom stereocenters. The van der Waals surface area contributed by atoms with Crippen LogP contribution < -0.4 is 5.73 Å². The molecule has 1 heterocycles. The summed E-state index contributed by atoms with van der Waals surface area (Å²) < 4.78 is 38.9. The van der Waals surface area contributed by atoms with Crippen LogP contribution in [0.3, 0.4) is 0 Å². The number of fused-ring (bicyclic) bond motifs is 1. The van der Waals surface area contributed by atoms with Crippen LogP contribution in [0.25, 0.3) is 0 Å². The number of likely N-dealkylation sites (N-methyl/N-ethyl adjacent to an activating group) is 1. The Labute approximate surface area is 171 Å². The third kappa shape index (κ3) is 5.12. The molecule has 2 aliphatic rings. The molecule has 1 aliphatic heterocycles. The molecule has 0 spiro atoms. The molecular weight excluding hydrogens is 379 g/mol. The predicted molar refractivity (Wildman–Crippen MR) is 107 cm³/mol. The minimum absolute atomic E-state index is 0.000628. The molecule has 4 nitrogen and oxygen atoms in total. The number of benzene rings is 1. The summed E-state index contributed by atoms with van der Waals surface area (Å²) in [6.45, 7) is 6.30. The Bertz CT molecular complexity index is 721. The van der Waals surface area contributed by atoms with E-state index in [1.54, 1.807) is 6.07 Å². The number of halogens is 3. The summed E-state index contributed by atoms with van der Waals surface area (Å²) >= 11 is 0. The standard InChI is InChI=1S/C22H32F3N3O/c1-14(2)9-19(26)21(29)27(3)20-8-7-16-12-28(13-18(16)20)11-15-5-4-6-17(10-15)22(23,24)25/h4-6,10,14,16,18-20H,7-9,11-13,26H2,1-3H3/t16-,18+,19-,20+/m0/s1. The van der Waals surface area contributed by atoms with Crippen molar-refractivity contribution in [2.24, 2.45) is 23.5 Å². The quantitative estimate of drug-likeness (QED) is 0.776. The average Bonchev–Trinajstić information content (AvgIpc) is 3.19. The summed E-state index contributed by atoms with van der Waals surface area (Å²) in [5, 5.41) is 0. The van der Waals surface area contributed by atoms with Gasteiger partial charge in [0.25, 0.3) is 0 Å². The van der Waals surface area contributed by atoms with Crippen molar-refractivity contribution in [2.75, 3.05) is 20.1 Å². The van der Waals surface area contributed by atoms with Gasteiger partial charge >= 0.3 is 6.18 Å². The number of hydrogen-bond acceptors (Lipinski definition) is 3. The van der Waals surface area contributed by atoms with Gasteiger partial charge in [0.2, 0.25) is 5.91 Å². The van der Waals surface area contributed by atoms with Crippen LogP contribution in [0.15, 0.2) is 24.3 Å². The zero-order valence-electron chi connectivity index (χ0n) is 17.5. The number of rotatable bonds is 6. The summed E-state index contributed by atoms with van der Waals surface area (Å²) in [4.78, 5) is 16.8. The van der Waals surface area contributed by atoms with E-state index in [1.165, 1.54) is 12.1 Å². The van der Waals surface area contributed by atoms with Crippen LogP contribution in [0.2, 0.25) is 0 Å². The second-order valence-corrected chi connectivity index (χ2v) is 9.15. The molecule has 0 radical (unpaired) electrons. The van der Waals surface area contributed by atoms with Gasteiger partial charge < -0.3 is 10.6 Å². The highest BCUT2D eigenvalue weighted by Gasteiger charge is 2.45. The lowest BCUT2D eigenvalue weighted by Gasteiger charge is -2.32. The molecule has 7 heteroatoms. The van der Waals surface area contributed by atoms with Crippen molar-refractivity contribution in [3.05, 3.63) is 35.4 Å². The van der Waals surface area contributed by atoms with Crippen molar-refractivity contribution in [3.63, 3.8) is 0 Å². The summed E-state index contributed by atoms with van der Waals surface area (Å²) in [5.74, 6) is 1.22. The Morgan fingerprint density at radius 1 is 1.28 bits per heavy atom. The number of hydrogen-bond donors (Lipinski definition) is 1. The van der Waals surface area contributed by atoms with E-state index in [0.717, 1.165) is 32.0 Å². The lowest BCUT2D eigenvalue weighted by Crippen LogP contribution is -2.49. The van der Waals surface area contributed by atoms with Gasteiger partial charge in [-0.25, -0.2) is 0 Å². The topological polar surface area (TPSA) is 49.6 Å². The van der Waals surface area contributed by atoms with E-state index in [4.69, 9.17) is 5.73 Å². The first-order valence-corrected chi connectivity index (χ1v) is 10.5. The zero-order chi connectivity index (χ0) is 21.3. The summed E-state index contributed by atoms with van der Waals surface area (Å²) in [7, 11) is 1.85. The van der Waals surface area contributed by atoms with E-state index in [0.29, 0.717) is 36.3 Å². The first-order chi connectivity index (χ1) is 13.6. The second kappa shape index (κ2) is 8.64. The molecule has 1 aromatic rings. The normalized spacial score (nSPS) is 26.0. The number of nitrogens with zero attached hydrogens (tertiary/aromatic N) is 2. The number of nitrogens with two attached hydrogens (primary N) is 1. The van der Waals surface area contributed by atoms with Crippen molar-refractivity contribution < 1.29 is 18.0 Å². The van der Waals surface area contributed by atoms with Crippen LogP contribution in [0, 0.1) is 17.8 Å². The second-order valence-electron chi connectivity index (χ2n) is 9.15. The van der Waals surface area contributed by atoms with E-state index >= 15 is 0 Å². The number of likely N-dealkylation sites (tertiary alicyclic amines) is 1. The largest absolute Gasteiger partial charge is 0.416 e. The van der Waals surface area contributed by atoms with Gasteiger partial charge in [0.1, 0.15) is 0 Å². The molecular formula is C22H32F3N3O. The van der Waals surface area contributed by atoms with Crippen molar-refractivity contribution in [3.8, 4) is 0 Å². The van der Waals surface area contributed by atoms with Crippen LogP contribution in [-0.4, -0.2) is 47.9 Å². The summed E-state index contributed by atoms with van der Waals surface area (Å²) in [6.07, 6.45) is -1.62. The minimum Gasteiger partial charge on any atom is -0.341 e. The highest BCUT2D eigenvalue weighted by atomic mass is 19.4. The van der Waals surface area contributed by atoms with Gasteiger partial charge in [-0.3, -0.25) is 9.69 Å². The molecule has 2 fully saturated rings. The first kappa shape index (κ1) is 22.1. The van der Waals surface area contributed by atoms with Gasteiger partial charge in [-0.15, -0.1) is 0 Å². The highest BCUT2D eigenvalue weighted by molar-refractivity contribution is 5.81. The Morgan fingerprint density at radius 3 is 2.66 bits per heavy atom. The Kier molecular flexibility index (Phi) is 6.58. The zero-order valence-corrected chi connectivity index (χ0v) is 17.5. The molecule has 2 N–H and O–H groups in total. The summed E-state index contributed by atoms with van der Waals surface area (Å²) in [6, 6.07) is 5.27. The molecule has 1 aliphatic carbocycles. The fourth-order valence-electron chi connectivity index (χ4n) is 5.08. The van der Waals surface area contributed by atoms with Crippen molar-refractivity contribution in [1.29, 1.82) is 0 Å². The third-order valence-electron chi connectivity index (χ3n) is 6.44. The van der Waals surface area contributed by atoms with E-state index in [-0.39, 0.29) is 11.9 Å². The Morgan fingerprint density at radius 2 is 2.00 bits per heavy atom. The Hall–Kier alpha value is -1.60. The highest BCUT2D eigenvalue weighted by Crippen LogP contribution is 2.41.